The summed E-state index contributed by atoms with van der Waals surface area (Å²) in [5, 5.41) is 10.5. The third kappa shape index (κ3) is 4.45. The van der Waals surface area contributed by atoms with Crippen molar-refractivity contribution in [3.63, 3.8) is 0 Å². The van der Waals surface area contributed by atoms with E-state index in [4.69, 9.17) is 4.74 Å². The maximum Gasteiger partial charge on any atom is 0.256 e. The van der Waals surface area contributed by atoms with Crippen molar-refractivity contribution >= 4 is 11.6 Å². The molecule has 3 N–H and O–H groups in total. The number of anilines is 1. The Morgan fingerprint density at radius 2 is 1.86 bits per heavy atom. The van der Waals surface area contributed by atoms with Crippen LogP contribution in [0.4, 0.5) is 5.69 Å². The third-order valence-electron chi connectivity index (χ3n) is 5.76. The van der Waals surface area contributed by atoms with Crippen LogP contribution in [0, 0.1) is 6.92 Å². The number of nitrogens with zero attached hydrogens (tertiary/aromatic N) is 1. The second-order valence-corrected chi connectivity index (χ2v) is 8.61. The number of carbonyl (C=O) groups excluding carboxylic acids is 1. The molecule has 0 aliphatic carbocycles. The Balaban J connectivity index is 1.36. The average Bonchev–Trinajstić information content (AvgIpc) is 3.08. The van der Waals surface area contributed by atoms with Crippen LogP contribution in [0.1, 0.15) is 41.3 Å². The van der Waals surface area contributed by atoms with Gasteiger partial charge in [0, 0.05) is 30.3 Å². The van der Waals surface area contributed by atoms with Crippen LogP contribution in [0.3, 0.4) is 0 Å². The zero-order valence-corrected chi connectivity index (χ0v) is 17.4. The molecule has 2 heterocycles. The Kier molecular flexibility index (Phi) is 5.58. The van der Waals surface area contributed by atoms with E-state index in [9.17, 15) is 4.79 Å². The lowest BCUT2D eigenvalue weighted by Crippen LogP contribution is -2.55. The highest BCUT2D eigenvalue weighted by atomic mass is 16.5. The van der Waals surface area contributed by atoms with Gasteiger partial charge in [0.25, 0.3) is 5.91 Å². The van der Waals surface area contributed by atoms with Gasteiger partial charge < -0.3 is 15.0 Å². The highest BCUT2D eigenvalue weighted by Gasteiger charge is 2.37. The van der Waals surface area contributed by atoms with Gasteiger partial charge in [-0.15, -0.1) is 0 Å². The van der Waals surface area contributed by atoms with Gasteiger partial charge in [-0.2, -0.15) is 0 Å². The van der Waals surface area contributed by atoms with E-state index < -0.39 is 0 Å². The minimum Gasteiger partial charge on any atom is -0.359 e. The molecule has 2 aromatic rings. The third-order valence-corrected chi connectivity index (χ3v) is 5.76. The summed E-state index contributed by atoms with van der Waals surface area (Å²) in [4.78, 5) is 14.7. The Labute approximate surface area is 172 Å². The van der Waals surface area contributed by atoms with Crippen molar-refractivity contribution in [1.82, 2.24) is 15.5 Å². The second kappa shape index (κ2) is 8.14. The minimum atomic E-state index is -0.280. The molecule has 6 heteroatoms. The van der Waals surface area contributed by atoms with E-state index in [-0.39, 0.29) is 17.7 Å². The molecule has 2 aliphatic rings. The molecular weight excluding hydrogens is 364 g/mol. The minimum absolute atomic E-state index is 0.000137. The number of hydrogen-bond donors (Lipinski definition) is 3. The standard InChI is InChI=1S/C23H30N4O2/c1-16-7-9-17(10-8-16)19-12-24-22(25-13-19)26-20-6-4-5-18(11-20)21(28)27-15-29-14-23(27,2)3/h4-11,19,22,24-26H,12-15H2,1-3H3. The van der Waals surface area contributed by atoms with Crippen LogP contribution in [0.25, 0.3) is 0 Å². The maximum atomic E-state index is 12.9. The van der Waals surface area contributed by atoms with Gasteiger partial charge in [-0.1, -0.05) is 35.9 Å². The fourth-order valence-electron chi connectivity index (χ4n) is 3.88. The topological polar surface area (TPSA) is 65.6 Å². The van der Waals surface area contributed by atoms with Crippen molar-refractivity contribution in [1.29, 1.82) is 0 Å². The Hall–Kier alpha value is -2.41. The monoisotopic (exact) mass is 394 g/mol. The largest absolute Gasteiger partial charge is 0.359 e. The van der Waals surface area contributed by atoms with Crippen molar-refractivity contribution in [2.24, 2.45) is 0 Å². The summed E-state index contributed by atoms with van der Waals surface area (Å²) < 4.78 is 5.49. The van der Waals surface area contributed by atoms with E-state index in [1.165, 1.54) is 11.1 Å². The van der Waals surface area contributed by atoms with Crippen LogP contribution in [0.15, 0.2) is 48.5 Å². The van der Waals surface area contributed by atoms with Gasteiger partial charge in [0.15, 0.2) is 0 Å². The fraction of sp³-hybridized carbons (Fsp3) is 0.435. The van der Waals surface area contributed by atoms with Crippen LogP contribution in [0.2, 0.25) is 0 Å². The van der Waals surface area contributed by atoms with Gasteiger partial charge in [-0.3, -0.25) is 15.4 Å². The lowest BCUT2D eigenvalue weighted by molar-refractivity contribution is 0.0605. The summed E-state index contributed by atoms with van der Waals surface area (Å²) in [6.07, 6.45) is -0.0337. The zero-order chi connectivity index (χ0) is 20.4. The highest BCUT2D eigenvalue weighted by molar-refractivity contribution is 5.95. The molecule has 2 aromatic carbocycles. The molecule has 0 bridgehead atoms. The second-order valence-electron chi connectivity index (χ2n) is 8.61. The van der Waals surface area contributed by atoms with Crippen molar-refractivity contribution < 1.29 is 9.53 Å². The molecule has 1 amide bonds. The molecule has 154 valence electrons. The molecule has 0 unspecified atom stereocenters. The van der Waals surface area contributed by atoms with Crippen molar-refractivity contribution in [3.05, 3.63) is 65.2 Å². The summed E-state index contributed by atoms with van der Waals surface area (Å²) >= 11 is 0. The van der Waals surface area contributed by atoms with Crippen LogP contribution in [0.5, 0.6) is 0 Å². The van der Waals surface area contributed by atoms with Crippen LogP contribution >= 0.6 is 0 Å². The summed E-state index contributed by atoms with van der Waals surface area (Å²) in [5.41, 5.74) is 3.92. The number of ether oxygens (including phenoxy) is 1. The van der Waals surface area contributed by atoms with Crippen molar-refractivity contribution in [2.75, 3.05) is 31.7 Å². The van der Waals surface area contributed by atoms with Crippen LogP contribution in [-0.4, -0.2) is 49.1 Å². The number of rotatable bonds is 4. The summed E-state index contributed by atoms with van der Waals surface area (Å²) in [6.45, 7) is 8.86. The molecule has 0 atom stereocenters. The van der Waals surface area contributed by atoms with Gasteiger partial charge in [-0.25, -0.2) is 0 Å². The number of benzene rings is 2. The highest BCUT2D eigenvalue weighted by Crippen LogP contribution is 2.25. The molecule has 29 heavy (non-hydrogen) atoms. The SMILES string of the molecule is Cc1ccc(C2CNC(Nc3cccc(C(=O)N4COCC4(C)C)c3)NC2)cc1. The normalized spacial score (nSPS) is 23.8. The molecular formula is C23H30N4O2. The molecule has 2 saturated heterocycles. The van der Waals surface area contributed by atoms with Crippen LogP contribution in [-0.2, 0) is 4.74 Å². The van der Waals surface area contributed by atoms with Gasteiger partial charge in [0.05, 0.1) is 12.1 Å². The number of aryl methyl sites for hydroxylation is 1. The Morgan fingerprint density at radius 3 is 2.52 bits per heavy atom. The summed E-state index contributed by atoms with van der Waals surface area (Å²) in [5.74, 6) is 0.444. The molecule has 0 spiro atoms. The van der Waals surface area contributed by atoms with E-state index in [0.29, 0.717) is 24.8 Å². The molecule has 0 saturated carbocycles. The molecule has 6 nitrogen and oxygen atoms in total. The van der Waals surface area contributed by atoms with Crippen LogP contribution < -0.4 is 16.0 Å². The first-order valence-corrected chi connectivity index (χ1v) is 10.2. The summed E-state index contributed by atoms with van der Waals surface area (Å²) in [7, 11) is 0. The first-order valence-electron chi connectivity index (χ1n) is 10.2. The number of hydrogen-bond acceptors (Lipinski definition) is 5. The number of nitrogens with one attached hydrogen (secondary N) is 3. The quantitative estimate of drug-likeness (QED) is 0.744. The first kappa shape index (κ1) is 19.9. The molecule has 2 aliphatic heterocycles. The molecule has 2 fully saturated rings. The molecule has 0 aromatic heterocycles. The van der Waals surface area contributed by atoms with Crippen molar-refractivity contribution in [3.8, 4) is 0 Å². The first-order chi connectivity index (χ1) is 13.9. The van der Waals surface area contributed by atoms with E-state index in [0.717, 1.165) is 18.8 Å². The van der Waals surface area contributed by atoms with E-state index in [1.54, 1.807) is 4.90 Å². The van der Waals surface area contributed by atoms with Crippen molar-refractivity contribution in [2.45, 2.75) is 38.5 Å². The smallest absolute Gasteiger partial charge is 0.256 e. The van der Waals surface area contributed by atoms with Gasteiger partial charge in [-0.05, 0) is 44.5 Å². The van der Waals surface area contributed by atoms with E-state index in [2.05, 4.69) is 47.1 Å². The van der Waals surface area contributed by atoms with Gasteiger partial charge in [0.1, 0.15) is 13.0 Å². The predicted octanol–water partition coefficient (Wildman–Crippen LogP) is 2.88. The van der Waals surface area contributed by atoms with E-state index >= 15 is 0 Å². The lowest BCUT2D eigenvalue weighted by atomic mass is 9.97. The maximum absolute atomic E-state index is 12.9. The van der Waals surface area contributed by atoms with Gasteiger partial charge >= 0.3 is 0 Å². The lowest BCUT2D eigenvalue weighted by Gasteiger charge is -2.33. The Morgan fingerprint density at radius 1 is 1.14 bits per heavy atom. The predicted molar refractivity (Wildman–Crippen MR) is 115 cm³/mol. The molecule has 4 rings (SSSR count). The van der Waals surface area contributed by atoms with E-state index in [1.807, 2.05) is 38.1 Å². The fourth-order valence-corrected chi connectivity index (χ4v) is 3.88. The number of carbonyl (C=O) groups is 1. The van der Waals surface area contributed by atoms with Gasteiger partial charge in [0.2, 0.25) is 0 Å². The average molecular weight is 395 g/mol. The molecule has 0 radical (unpaired) electrons. The Bertz CT molecular complexity index is 857. The summed E-state index contributed by atoms with van der Waals surface area (Å²) in [6, 6.07) is 16.4. The zero-order valence-electron chi connectivity index (χ0n) is 17.4. The number of amides is 1.